The fourth-order valence-electron chi connectivity index (χ4n) is 2.11. The maximum atomic E-state index is 10.9. The van der Waals surface area contributed by atoms with Crippen molar-refractivity contribution >= 4 is 5.97 Å². The lowest BCUT2D eigenvalue weighted by molar-refractivity contribution is 0.0697. The number of carboxylic acids is 1. The van der Waals surface area contributed by atoms with Crippen LogP contribution in [-0.4, -0.2) is 30.8 Å². The summed E-state index contributed by atoms with van der Waals surface area (Å²) in [6.45, 7) is 1.85. The van der Waals surface area contributed by atoms with Crippen molar-refractivity contribution in [2.45, 2.75) is 6.92 Å². The van der Waals surface area contributed by atoms with Gasteiger partial charge in [0, 0.05) is 23.6 Å². The lowest BCUT2D eigenvalue weighted by atomic mass is 10.2. The molecule has 104 valence electrons. The summed E-state index contributed by atoms with van der Waals surface area (Å²) in [6.07, 6.45) is 3.38. The predicted octanol–water partition coefficient (Wildman–Crippen LogP) is 2.34. The fourth-order valence-corrected chi connectivity index (χ4v) is 2.11. The zero-order chi connectivity index (χ0) is 14.8. The van der Waals surface area contributed by atoms with Crippen LogP contribution in [0.5, 0.6) is 0 Å². The smallest absolute Gasteiger partial charge is 0.335 e. The van der Waals surface area contributed by atoms with Crippen molar-refractivity contribution < 1.29 is 9.90 Å². The van der Waals surface area contributed by atoms with E-state index in [0.717, 1.165) is 17.1 Å². The van der Waals surface area contributed by atoms with Crippen LogP contribution in [0.2, 0.25) is 0 Å². The quantitative estimate of drug-likeness (QED) is 0.796. The number of benzene rings is 1. The molecule has 0 aliphatic rings. The van der Waals surface area contributed by atoms with Crippen molar-refractivity contribution in [3.63, 3.8) is 0 Å². The summed E-state index contributed by atoms with van der Waals surface area (Å²) in [5.41, 5.74) is 1.96. The zero-order valence-corrected chi connectivity index (χ0v) is 11.3. The molecule has 0 radical (unpaired) electrons. The molecule has 6 nitrogen and oxygen atoms in total. The highest BCUT2D eigenvalue weighted by molar-refractivity contribution is 5.87. The summed E-state index contributed by atoms with van der Waals surface area (Å²) in [5, 5.41) is 17.2. The summed E-state index contributed by atoms with van der Waals surface area (Å²) in [6, 6.07) is 10.3. The van der Waals surface area contributed by atoms with E-state index in [1.54, 1.807) is 36.7 Å². The Hall–Kier alpha value is -3.02. The maximum absolute atomic E-state index is 10.9. The van der Waals surface area contributed by atoms with Gasteiger partial charge >= 0.3 is 5.97 Å². The van der Waals surface area contributed by atoms with E-state index in [1.165, 1.54) is 0 Å². The molecule has 0 aliphatic carbocycles. The molecule has 21 heavy (non-hydrogen) atoms. The molecule has 3 rings (SSSR count). The number of aromatic carboxylic acids is 1. The van der Waals surface area contributed by atoms with Gasteiger partial charge < -0.3 is 5.11 Å². The average Bonchev–Trinajstić information content (AvgIpc) is 2.90. The molecule has 2 aromatic heterocycles. The van der Waals surface area contributed by atoms with Crippen LogP contribution < -0.4 is 0 Å². The van der Waals surface area contributed by atoms with Crippen LogP contribution in [0.15, 0.2) is 48.8 Å². The second-order valence-corrected chi connectivity index (χ2v) is 4.49. The number of aromatic nitrogens is 4. The summed E-state index contributed by atoms with van der Waals surface area (Å²) < 4.78 is 1.88. The van der Waals surface area contributed by atoms with Crippen LogP contribution in [0.1, 0.15) is 16.2 Å². The molecule has 2 heterocycles. The third-order valence-electron chi connectivity index (χ3n) is 3.14. The van der Waals surface area contributed by atoms with Gasteiger partial charge in [-0.1, -0.05) is 0 Å². The van der Waals surface area contributed by atoms with E-state index >= 15 is 0 Å². The fraction of sp³-hybridized carbons (Fsp3) is 0.0667. The zero-order valence-electron chi connectivity index (χ0n) is 11.3. The number of aryl methyl sites for hydroxylation is 1. The normalized spacial score (nSPS) is 10.5. The summed E-state index contributed by atoms with van der Waals surface area (Å²) in [5.74, 6) is 0.472. The monoisotopic (exact) mass is 280 g/mol. The number of rotatable bonds is 3. The van der Waals surface area contributed by atoms with Crippen molar-refractivity contribution in [3.05, 3.63) is 60.2 Å². The molecule has 0 aliphatic heterocycles. The molecule has 0 unspecified atom stereocenters. The highest BCUT2D eigenvalue weighted by Gasteiger charge is 2.13. The Kier molecular flexibility index (Phi) is 3.19. The Morgan fingerprint density at radius 2 is 1.71 bits per heavy atom. The van der Waals surface area contributed by atoms with Gasteiger partial charge in [0.2, 0.25) is 0 Å². The molecule has 0 spiro atoms. The van der Waals surface area contributed by atoms with Gasteiger partial charge in [-0.25, -0.2) is 4.79 Å². The third kappa shape index (κ3) is 2.38. The second kappa shape index (κ2) is 5.16. The first kappa shape index (κ1) is 13.0. The van der Waals surface area contributed by atoms with Gasteiger partial charge in [-0.3, -0.25) is 9.55 Å². The van der Waals surface area contributed by atoms with Crippen LogP contribution in [0.25, 0.3) is 17.1 Å². The van der Waals surface area contributed by atoms with E-state index < -0.39 is 5.97 Å². The Balaban J connectivity index is 2.10. The number of nitrogens with zero attached hydrogens (tertiary/aromatic N) is 4. The van der Waals surface area contributed by atoms with Crippen molar-refractivity contribution in [1.29, 1.82) is 0 Å². The molecule has 3 aromatic rings. The van der Waals surface area contributed by atoms with Gasteiger partial charge in [0.15, 0.2) is 5.82 Å². The minimum Gasteiger partial charge on any atom is -0.478 e. The van der Waals surface area contributed by atoms with Crippen molar-refractivity contribution in [3.8, 4) is 17.1 Å². The molecular weight excluding hydrogens is 268 g/mol. The predicted molar refractivity (Wildman–Crippen MR) is 76.3 cm³/mol. The van der Waals surface area contributed by atoms with Gasteiger partial charge in [-0.2, -0.15) is 0 Å². The molecule has 1 aromatic carbocycles. The molecule has 0 bridgehead atoms. The molecule has 0 fully saturated rings. The first-order valence-corrected chi connectivity index (χ1v) is 6.33. The van der Waals surface area contributed by atoms with E-state index in [1.807, 2.05) is 23.6 Å². The molecular formula is C15H12N4O2. The van der Waals surface area contributed by atoms with Crippen molar-refractivity contribution in [2.75, 3.05) is 0 Å². The highest BCUT2D eigenvalue weighted by Crippen LogP contribution is 2.22. The Morgan fingerprint density at radius 3 is 2.33 bits per heavy atom. The number of carbonyl (C=O) groups is 1. The van der Waals surface area contributed by atoms with Crippen molar-refractivity contribution in [2.24, 2.45) is 0 Å². The SMILES string of the molecule is Cc1nnc(-c2ccncc2)n1-c1ccc(C(=O)O)cc1. The van der Waals surface area contributed by atoms with Crippen LogP contribution in [0, 0.1) is 6.92 Å². The van der Waals surface area contributed by atoms with Crippen LogP contribution in [0.3, 0.4) is 0 Å². The van der Waals surface area contributed by atoms with E-state index in [4.69, 9.17) is 5.11 Å². The van der Waals surface area contributed by atoms with Crippen molar-refractivity contribution in [1.82, 2.24) is 19.7 Å². The Bertz CT molecular complexity index is 779. The number of hydrogen-bond acceptors (Lipinski definition) is 4. The van der Waals surface area contributed by atoms with Crippen LogP contribution >= 0.6 is 0 Å². The van der Waals surface area contributed by atoms with E-state index in [2.05, 4.69) is 15.2 Å². The lowest BCUT2D eigenvalue weighted by Gasteiger charge is -2.09. The maximum Gasteiger partial charge on any atom is 0.335 e. The summed E-state index contributed by atoms with van der Waals surface area (Å²) >= 11 is 0. The van der Waals surface area contributed by atoms with E-state index in [-0.39, 0.29) is 5.56 Å². The van der Waals surface area contributed by atoms with E-state index in [9.17, 15) is 4.79 Å². The van der Waals surface area contributed by atoms with Gasteiger partial charge in [-0.15, -0.1) is 10.2 Å². The third-order valence-corrected chi connectivity index (χ3v) is 3.14. The molecule has 1 N–H and O–H groups in total. The largest absolute Gasteiger partial charge is 0.478 e. The average molecular weight is 280 g/mol. The first-order chi connectivity index (χ1) is 10.2. The first-order valence-electron chi connectivity index (χ1n) is 6.33. The molecule has 0 amide bonds. The van der Waals surface area contributed by atoms with Gasteiger partial charge in [0.1, 0.15) is 5.82 Å². The van der Waals surface area contributed by atoms with E-state index in [0.29, 0.717) is 5.82 Å². The molecule has 0 saturated carbocycles. The minimum absolute atomic E-state index is 0.245. The number of hydrogen-bond donors (Lipinski definition) is 1. The molecule has 6 heteroatoms. The van der Waals surface area contributed by atoms with Crippen LogP contribution in [-0.2, 0) is 0 Å². The van der Waals surface area contributed by atoms with Gasteiger partial charge in [-0.05, 0) is 43.3 Å². The van der Waals surface area contributed by atoms with Gasteiger partial charge in [0.05, 0.1) is 5.56 Å². The highest BCUT2D eigenvalue weighted by atomic mass is 16.4. The molecule has 0 saturated heterocycles. The lowest BCUT2D eigenvalue weighted by Crippen LogP contribution is -2.02. The topological polar surface area (TPSA) is 80.9 Å². The molecule has 0 atom stereocenters. The number of carboxylic acid groups (broad SMARTS) is 1. The minimum atomic E-state index is -0.948. The summed E-state index contributed by atoms with van der Waals surface area (Å²) in [7, 11) is 0. The Labute approximate surface area is 120 Å². The second-order valence-electron chi connectivity index (χ2n) is 4.49. The summed E-state index contributed by atoms with van der Waals surface area (Å²) in [4.78, 5) is 14.9. The van der Waals surface area contributed by atoms with Gasteiger partial charge in [0.25, 0.3) is 0 Å². The standard InChI is InChI=1S/C15H12N4O2/c1-10-17-18-14(11-6-8-16-9-7-11)19(10)13-4-2-12(3-5-13)15(20)21/h2-9H,1H3,(H,20,21). The Morgan fingerprint density at radius 1 is 1.05 bits per heavy atom. The number of pyridine rings is 1. The van der Waals surface area contributed by atoms with Crippen LogP contribution in [0.4, 0.5) is 0 Å².